The highest BCUT2D eigenvalue weighted by Crippen LogP contribution is 2.16. The van der Waals surface area contributed by atoms with Gasteiger partial charge in [0.15, 0.2) is 0 Å². The average Bonchev–Trinajstić information content (AvgIpc) is 2.17. The zero-order chi connectivity index (χ0) is 12.2. The van der Waals surface area contributed by atoms with Crippen LogP contribution in [0.5, 0.6) is 0 Å². The number of nitrogens with one attached hydrogen (secondary N) is 1. The van der Waals surface area contributed by atoms with Crippen molar-refractivity contribution in [2.45, 2.75) is 6.04 Å². The van der Waals surface area contributed by atoms with Crippen molar-refractivity contribution in [2.24, 2.45) is 0 Å². The first-order valence-electron chi connectivity index (χ1n) is 5.06. The maximum Gasteiger partial charge on any atom is 0.208 e. The molecule has 1 rings (SSSR count). The largest absolute Gasteiger partial charge is 0.301 e. The summed E-state index contributed by atoms with van der Waals surface area (Å²) in [5.74, 6) is 0. The maximum absolute atomic E-state index is 11.1. The zero-order valence-corrected chi connectivity index (χ0v) is 10.7. The number of hydrogen-bond acceptors (Lipinski definition) is 3. The van der Waals surface area contributed by atoms with Crippen molar-refractivity contribution in [3.8, 4) is 0 Å². The molecule has 0 aliphatic rings. The maximum atomic E-state index is 11.1. The molecule has 0 aromatic heterocycles. The lowest BCUT2D eigenvalue weighted by Gasteiger charge is -2.24. The molecule has 1 aromatic rings. The summed E-state index contributed by atoms with van der Waals surface area (Å²) in [5.41, 5.74) is 1.10. The van der Waals surface area contributed by atoms with E-state index in [1.54, 1.807) is 0 Å². The van der Waals surface area contributed by atoms with Crippen LogP contribution >= 0.6 is 0 Å². The van der Waals surface area contributed by atoms with Gasteiger partial charge in [-0.1, -0.05) is 30.3 Å². The van der Waals surface area contributed by atoms with Crippen molar-refractivity contribution in [3.05, 3.63) is 35.9 Å². The summed E-state index contributed by atoms with van der Waals surface area (Å²) in [6.07, 6.45) is 1.17. The van der Waals surface area contributed by atoms with Crippen LogP contribution in [-0.4, -0.2) is 40.2 Å². The molecule has 0 aliphatic carbocycles. The number of benzene rings is 1. The summed E-state index contributed by atoms with van der Waals surface area (Å²) >= 11 is 0. The van der Waals surface area contributed by atoms with E-state index in [0.29, 0.717) is 6.54 Å². The Kier molecular flexibility index (Phi) is 4.46. The van der Waals surface area contributed by atoms with Gasteiger partial charge in [0.05, 0.1) is 6.26 Å². The molecule has 0 aliphatic heterocycles. The van der Waals surface area contributed by atoms with Crippen molar-refractivity contribution < 1.29 is 8.42 Å². The number of likely N-dealkylation sites (N-methyl/N-ethyl adjacent to an activating group) is 1. The smallest absolute Gasteiger partial charge is 0.208 e. The standard InChI is InChI=1S/C11H18N2O2S/c1-13(2)11(9-12-16(3,14)15)10-7-5-4-6-8-10/h4-8,11-12H,9H2,1-3H3/t11-/m1/s1. The highest BCUT2D eigenvalue weighted by Gasteiger charge is 2.15. The molecule has 4 nitrogen and oxygen atoms in total. The van der Waals surface area contributed by atoms with Gasteiger partial charge in [-0.25, -0.2) is 13.1 Å². The third-order valence-corrected chi connectivity index (χ3v) is 3.04. The number of sulfonamides is 1. The fourth-order valence-electron chi connectivity index (χ4n) is 1.50. The Morgan fingerprint density at radius 3 is 2.25 bits per heavy atom. The van der Waals surface area contributed by atoms with Crippen LogP contribution in [0.25, 0.3) is 0 Å². The Bertz CT molecular complexity index is 415. The first kappa shape index (κ1) is 13.2. The van der Waals surface area contributed by atoms with Crippen LogP contribution in [-0.2, 0) is 10.0 Å². The number of nitrogens with zero attached hydrogens (tertiary/aromatic N) is 1. The van der Waals surface area contributed by atoms with Crippen molar-refractivity contribution in [3.63, 3.8) is 0 Å². The van der Waals surface area contributed by atoms with Crippen LogP contribution < -0.4 is 4.72 Å². The van der Waals surface area contributed by atoms with Gasteiger partial charge in [-0.3, -0.25) is 0 Å². The van der Waals surface area contributed by atoms with E-state index in [0.717, 1.165) is 5.56 Å². The Hall–Kier alpha value is -0.910. The van der Waals surface area contributed by atoms with Gasteiger partial charge in [0.2, 0.25) is 10.0 Å². The van der Waals surface area contributed by atoms with E-state index in [-0.39, 0.29) is 6.04 Å². The van der Waals surface area contributed by atoms with E-state index in [1.165, 1.54) is 6.26 Å². The highest BCUT2D eigenvalue weighted by molar-refractivity contribution is 7.88. The quantitative estimate of drug-likeness (QED) is 0.832. The van der Waals surface area contributed by atoms with Crippen LogP contribution in [0.2, 0.25) is 0 Å². The van der Waals surface area contributed by atoms with Crippen LogP contribution in [0, 0.1) is 0 Å². The Morgan fingerprint density at radius 2 is 1.81 bits per heavy atom. The SMILES string of the molecule is CN(C)[C@H](CNS(C)(=O)=O)c1ccccc1. The molecule has 0 radical (unpaired) electrons. The van der Waals surface area contributed by atoms with Gasteiger partial charge < -0.3 is 4.90 Å². The van der Waals surface area contributed by atoms with Gasteiger partial charge in [0.1, 0.15) is 0 Å². The molecule has 90 valence electrons. The molecule has 0 unspecified atom stereocenters. The third kappa shape index (κ3) is 4.30. The first-order valence-corrected chi connectivity index (χ1v) is 6.95. The molecule has 0 saturated carbocycles. The molecule has 1 N–H and O–H groups in total. The summed E-state index contributed by atoms with van der Waals surface area (Å²) < 4.78 is 24.7. The van der Waals surface area contributed by atoms with E-state index in [2.05, 4.69) is 4.72 Å². The summed E-state index contributed by atoms with van der Waals surface area (Å²) in [5, 5.41) is 0. The molecule has 0 spiro atoms. The molecular weight excluding hydrogens is 224 g/mol. The third-order valence-electron chi connectivity index (χ3n) is 2.35. The Labute approximate surface area is 97.3 Å². The highest BCUT2D eigenvalue weighted by atomic mass is 32.2. The molecule has 0 amide bonds. The minimum Gasteiger partial charge on any atom is -0.301 e. The molecule has 0 bridgehead atoms. The van der Waals surface area contributed by atoms with E-state index in [1.807, 2.05) is 49.3 Å². The molecule has 5 heteroatoms. The lowest BCUT2D eigenvalue weighted by Crippen LogP contribution is -2.33. The van der Waals surface area contributed by atoms with Gasteiger partial charge in [-0.05, 0) is 19.7 Å². The first-order chi connectivity index (χ1) is 7.40. The monoisotopic (exact) mass is 242 g/mol. The lowest BCUT2D eigenvalue weighted by atomic mass is 10.1. The van der Waals surface area contributed by atoms with Gasteiger partial charge >= 0.3 is 0 Å². The van der Waals surface area contributed by atoms with E-state index < -0.39 is 10.0 Å². The summed E-state index contributed by atoms with van der Waals surface area (Å²) in [7, 11) is 0.727. The topological polar surface area (TPSA) is 49.4 Å². The fourth-order valence-corrected chi connectivity index (χ4v) is 1.96. The van der Waals surface area contributed by atoms with E-state index in [9.17, 15) is 8.42 Å². The summed E-state index contributed by atoms with van der Waals surface area (Å²) in [6.45, 7) is 0.385. The second-order valence-electron chi connectivity index (χ2n) is 4.01. The van der Waals surface area contributed by atoms with Crippen molar-refractivity contribution >= 4 is 10.0 Å². The molecule has 1 atom stereocenters. The van der Waals surface area contributed by atoms with E-state index in [4.69, 9.17) is 0 Å². The van der Waals surface area contributed by atoms with Crippen LogP contribution in [0.4, 0.5) is 0 Å². The van der Waals surface area contributed by atoms with Gasteiger partial charge in [0, 0.05) is 12.6 Å². The second-order valence-corrected chi connectivity index (χ2v) is 5.84. The normalized spacial score (nSPS) is 14.0. The van der Waals surface area contributed by atoms with Gasteiger partial charge in [0.25, 0.3) is 0 Å². The van der Waals surface area contributed by atoms with Gasteiger partial charge in [-0.15, -0.1) is 0 Å². The van der Waals surface area contributed by atoms with Crippen molar-refractivity contribution in [1.29, 1.82) is 0 Å². The fraction of sp³-hybridized carbons (Fsp3) is 0.455. The predicted molar refractivity (Wildman–Crippen MR) is 65.7 cm³/mol. The Balaban J connectivity index is 2.77. The molecule has 0 fully saturated rings. The van der Waals surface area contributed by atoms with Crippen LogP contribution in [0.1, 0.15) is 11.6 Å². The second kappa shape index (κ2) is 5.43. The molecule has 1 aromatic carbocycles. The molecule has 0 heterocycles. The minimum absolute atomic E-state index is 0.0518. The molecule has 0 saturated heterocycles. The average molecular weight is 242 g/mol. The predicted octanol–water partition coefficient (Wildman–Crippen LogP) is 0.839. The van der Waals surface area contributed by atoms with Crippen molar-refractivity contribution in [1.82, 2.24) is 9.62 Å². The van der Waals surface area contributed by atoms with Crippen LogP contribution in [0.15, 0.2) is 30.3 Å². The zero-order valence-electron chi connectivity index (χ0n) is 9.84. The summed E-state index contributed by atoms with van der Waals surface area (Å²) in [4.78, 5) is 1.99. The lowest BCUT2D eigenvalue weighted by molar-refractivity contribution is 0.299. The molecule has 16 heavy (non-hydrogen) atoms. The van der Waals surface area contributed by atoms with Crippen molar-refractivity contribution in [2.75, 3.05) is 26.9 Å². The van der Waals surface area contributed by atoms with E-state index >= 15 is 0 Å². The van der Waals surface area contributed by atoms with Gasteiger partial charge in [-0.2, -0.15) is 0 Å². The Morgan fingerprint density at radius 1 is 1.25 bits per heavy atom. The minimum atomic E-state index is -3.14. The number of hydrogen-bond donors (Lipinski definition) is 1. The number of rotatable bonds is 5. The summed E-state index contributed by atoms with van der Waals surface area (Å²) in [6, 6.07) is 9.89. The van der Waals surface area contributed by atoms with Crippen LogP contribution in [0.3, 0.4) is 0 Å². The molecular formula is C11H18N2O2S.